The average Bonchev–Trinajstić information content (AvgIpc) is 2.97. The molecule has 1 aromatic heterocycles. The van der Waals surface area contributed by atoms with Crippen LogP contribution in [0.3, 0.4) is 0 Å². The lowest BCUT2D eigenvalue weighted by molar-refractivity contribution is -0.491. The predicted octanol–water partition coefficient (Wildman–Crippen LogP) is 2.40. The van der Waals surface area contributed by atoms with Crippen LogP contribution in [-0.4, -0.2) is 25.9 Å². The van der Waals surface area contributed by atoms with Crippen LogP contribution in [0.25, 0.3) is 17.0 Å². The molecular weight excluding hydrogens is 432 g/mol. The number of rotatable bonds is 3. The Morgan fingerprint density at radius 2 is 1.60 bits per heavy atom. The average molecular weight is 449 g/mol. The molecule has 1 aliphatic rings. The fraction of sp³-hybridized carbons (Fsp3) is 0.105. The zero-order valence-electron chi connectivity index (χ0n) is 15.8. The van der Waals surface area contributed by atoms with Gasteiger partial charge in [0.15, 0.2) is 5.75 Å². The molecular formula is C19H17N2O7S2+. The van der Waals surface area contributed by atoms with E-state index in [2.05, 4.69) is 0 Å². The summed E-state index contributed by atoms with van der Waals surface area (Å²) in [6.45, 7) is 3.57. The minimum atomic E-state index is -4.78. The smallest absolute Gasteiger partial charge is 0.437 e. The molecule has 0 spiro atoms. The lowest BCUT2D eigenvalue weighted by atomic mass is 10.1. The van der Waals surface area contributed by atoms with Crippen molar-refractivity contribution in [3.05, 3.63) is 71.2 Å². The summed E-state index contributed by atoms with van der Waals surface area (Å²) >= 11 is 0. The third kappa shape index (κ3) is 3.52. The minimum absolute atomic E-state index is 0.0815. The Morgan fingerprint density at radius 1 is 0.933 bits per heavy atom. The van der Waals surface area contributed by atoms with E-state index in [1.165, 1.54) is 24.3 Å². The van der Waals surface area contributed by atoms with Crippen LogP contribution in [0, 0.1) is 13.8 Å². The van der Waals surface area contributed by atoms with Crippen molar-refractivity contribution in [1.82, 2.24) is 0 Å². The number of anilines is 1. The molecule has 0 atom stereocenters. The van der Waals surface area contributed by atoms with Crippen molar-refractivity contribution in [1.29, 1.82) is 0 Å². The Kier molecular flexibility index (Phi) is 4.58. The molecule has 30 heavy (non-hydrogen) atoms. The van der Waals surface area contributed by atoms with E-state index in [1.807, 2.05) is 6.92 Å². The third-order valence-corrected chi connectivity index (χ3v) is 6.26. The van der Waals surface area contributed by atoms with Crippen LogP contribution >= 0.6 is 0 Å². The van der Waals surface area contributed by atoms with Gasteiger partial charge in [0, 0.05) is 17.5 Å². The van der Waals surface area contributed by atoms with Crippen molar-refractivity contribution < 1.29 is 34.7 Å². The monoisotopic (exact) mass is 449 g/mol. The summed E-state index contributed by atoms with van der Waals surface area (Å²) in [6, 6.07) is 12.7. The maximum atomic E-state index is 12.1. The van der Waals surface area contributed by atoms with Gasteiger partial charge in [0.25, 0.3) is 0 Å². The lowest BCUT2D eigenvalue weighted by Crippen LogP contribution is -2.45. The molecule has 0 unspecified atom stereocenters. The van der Waals surface area contributed by atoms with Crippen molar-refractivity contribution in [2.75, 3.05) is 4.31 Å². The SMILES string of the molecule is Cc1ccc2c(c1)N(S(=O)(=O)O)/C(=C/c1ccc3cc(C)ccc3[n+]1S(=O)(=O)O)O2. The van der Waals surface area contributed by atoms with E-state index >= 15 is 0 Å². The molecule has 0 aliphatic carbocycles. The minimum Gasteiger partial charge on any atom is -0.437 e. The molecule has 9 nitrogen and oxygen atoms in total. The van der Waals surface area contributed by atoms with E-state index in [4.69, 9.17) is 4.74 Å². The van der Waals surface area contributed by atoms with Gasteiger partial charge >= 0.3 is 20.6 Å². The number of fused-ring (bicyclic) bond motifs is 2. The van der Waals surface area contributed by atoms with Crippen LogP contribution in [0.4, 0.5) is 5.69 Å². The summed E-state index contributed by atoms with van der Waals surface area (Å²) in [4.78, 5) is 0. The first-order valence-corrected chi connectivity index (χ1v) is 11.5. The fourth-order valence-electron chi connectivity index (χ4n) is 3.34. The molecule has 11 heteroatoms. The van der Waals surface area contributed by atoms with Gasteiger partial charge in [-0.25, -0.2) is 4.55 Å². The maximum absolute atomic E-state index is 12.1. The number of aryl methyl sites for hydroxylation is 2. The van der Waals surface area contributed by atoms with E-state index in [0.29, 0.717) is 13.7 Å². The number of ether oxygens (including phenoxy) is 1. The van der Waals surface area contributed by atoms with Crippen LogP contribution < -0.4 is 13.0 Å². The predicted molar refractivity (Wildman–Crippen MR) is 110 cm³/mol. The number of pyridine rings is 1. The normalized spacial score (nSPS) is 15.5. The molecule has 0 radical (unpaired) electrons. The van der Waals surface area contributed by atoms with Crippen molar-refractivity contribution in [2.24, 2.45) is 0 Å². The number of hydrogen-bond donors (Lipinski definition) is 2. The second kappa shape index (κ2) is 6.77. The Bertz CT molecular complexity index is 1450. The molecule has 0 fully saturated rings. The first-order valence-electron chi connectivity index (χ1n) is 8.66. The largest absolute Gasteiger partial charge is 0.512 e. The quantitative estimate of drug-likeness (QED) is 0.465. The number of hydrogen-bond acceptors (Lipinski definition) is 5. The Labute approximate surface area is 173 Å². The summed E-state index contributed by atoms with van der Waals surface area (Å²) in [5, 5.41) is 0.549. The highest BCUT2D eigenvalue weighted by Crippen LogP contribution is 2.41. The molecule has 3 aromatic rings. The highest BCUT2D eigenvalue weighted by molar-refractivity contribution is 7.87. The van der Waals surface area contributed by atoms with Gasteiger partial charge in [-0.05, 0) is 43.7 Å². The molecule has 4 rings (SSSR count). The molecule has 1 aliphatic heterocycles. The van der Waals surface area contributed by atoms with Crippen LogP contribution in [0.5, 0.6) is 5.75 Å². The van der Waals surface area contributed by atoms with Gasteiger partial charge in [-0.2, -0.15) is 12.7 Å². The molecule has 156 valence electrons. The van der Waals surface area contributed by atoms with Gasteiger partial charge in [0.05, 0.1) is 6.08 Å². The van der Waals surface area contributed by atoms with Gasteiger partial charge in [-0.1, -0.05) is 21.7 Å². The van der Waals surface area contributed by atoms with E-state index in [9.17, 15) is 25.9 Å². The molecule has 0 bridgehead atoms. The second-order valence-corrected chi connectivity index (χ2v) is 9.38. The maximum Gasteiger partial charge on any atom is 0.512 e. The van der Waals surface area contributed by atoms with Crippen molar-refractivity contribution in [3.63, 3.8) is 0 Å². The van der Waals surface area contributed by atoms with Crippen LogP contribution in [0.1, 0.15) is 16.8 Å². The Morgan fingerprint density at radius 3 is 2.27 bits per heavy atom. The standard InChI is InChI=1S/C19H16N2O7S2/c1-12-3-7-16-14(9-12)5-6-15(20(16)29(22,23)24)11-19-21(30(25,26)27)17-10-13(2)4-8-18(17)28-19/h3-11H,1-2H3,(H-,22,23,24,25,26,27)/p+1. The van der Waals surface area contributed by atoms with E-state index in [-0.39, 0.29) is 28.5 Å². The van der Waals surface area contributed by atoms with Gasteiger partial charge in [-0.15, -0.1) is 8.42 Å². The molecule has 2 heterocycles. The van der Waals surface area contributed by atoms with Crippen LogP contribution in [-0.2, 0) is 20.6 Å². The fourth-order valence-corrected chi connectivity index (χ4v) is 4.84. The van der Waals surface area contributed by atoms with Crippen molar-refractivity contribution >= 4 is 43.3 Å². The van der Waals surface area contributed by atoms with Gasteiger partial charge in [0.1, 0.15) is 5.69 Å². The summed E-state index contributed by atoms with van der Waals surface area (Å²) in [5.74, 6) is -0.179. The lowest BCUT2D eigenvalue weighted by Gasteiger charge is -2.13. The third-order valence-electron chi connectivity index (χ3n) is 4.55. The number of benzene rings is 2. The van der Waals surface area contributed by atoms with Crippen molar-refractivity contribution in [2.45, 2.75) is 13.8 Å². The van der Waals surface area contributed by atoms with E-state index < -0.39 is 20.6 Å². The molecule has 2 aromatic carbocycles. The number of nitrogens with zero attached hydrogens (tertiary/aromatic N) is 2. The Hall–Kier alpha value is -2.99. The molecule has 0 amide bonds. The van der Waals surface area contributed by atoms with Gasteiger partial charge in [-0.3, -0.25) is 4.55 Å². The topological polar surface area (TPSA) is 125 Å². The second-order valence-electron chi connectivity index (χ2n) is 6.86. The van der Waals surface area contributed by atoms with E-state index in [0.717, 1.165) is 17.2 Å². The van der Waals surface area contributed by atoms with Gasteiger partial charge in [0.2, 0.25) is 17.1 Å². The van der Waals surface area contributed by atoms with Crippen molar-refractivity contribution in [3.8, 4) is 5.75 Å². The summed E-state index contributed by atoms with van der Waals surface area (Å²) in [5.41, 5.74) is 1.79. The molecule has 2 N–H and O–H groups in total. The highest BCUT2D eigenvalue weighted by atomic mass is 32.2. The zero-order valence-corrected chi connectivity index (χ0v) is 17.5. The first kappa shape index (κ1) is 20.3. The Balaban J connectivity index is 1.98. The molecule has 0 saturated carbocycles. The number of aromatic nitrogens is 1. The van der Waals surface area contributed by atoms with Gasteiger partial charge < -0.3 is 4.74 Å². The van der Waals surface area contributed by atoms with Crippen LogP contribution in [0.2, 0.25) is 0 Å². The highest BCUT2D eigenvalue weighted by Gasteiger charge is 2.37. The van der Waals surface area contributed by atoms with Crippen LogP contribution in [0.15, 0.2) is 54.4 Å². The summed E-state index contributed by atoms with van der Waals surface area (Å²) < 4.78 is 74.7. The summed E-state index contributed by atoms with van der Waals surface area (Å²) in [7, 11) is -9.54. The molecule has 0 saturated heterocycles. The first-order chi connectivity index (χ1) is 13.9. The van der Waals surface area contributed by atoms with E-state index in [1.54, 1.807) is 31.2 Å². The summed E-state index contributed by atoms with van der Waals surface area (Å²) in [6.07, 6.45) is 1.11. The zero-order chi connectivity index (χ0) is 21.8.